The summed E-state index contributed by atoms with van der Waals surface area (Å²) in [5, 5.41) is 13.7. The molecule has 1 aromatic carbocycles. The van der Waals surface area contributed by atoms with E-state index >= 15 is 0 Å². The van der Waals surface area contributed by atoms with E-state index in [1.165, 1.54) is 17.2 Å². The number of carbonyl (C=O) groups is 4. The van der Waals surface area contributed by atoms with Crippen molar-refractivity contribution >= 4 is 64.6 Å². The van der Waals surface area contributed by atoms with Gasteiger partial charge in [-0.15, -0.1) is 0 Å². The number of nitrogens with zero attached hydrogens (tertiary/aromatic N) is 2. The van der Waals surface area contributed by atoms with Gasteiger partial charge in [-0.2, -0.15) is 0 Å². The van der Waals surface area contributed by atoms with Gasteiger partial charge in [0.1, 0.15) is 24.2 Å². The number of esters is 1. The number of aliphatic hydroxyl groups is 1. The zero-order valence-corrected chi connectivity index (χ0v) is 28.3. The number of nitrogens with one attached hydrogen (secondary N) is 1. The molecule has 2 amide bonds. The van der Waals surface area contributed by atoms with E-state index in [4.69, 9.17) is 53.8 Å². The molecule has 252 valence electrons. The number of pyridine rings is 1. The number of alkyl carbamates (subject to hydrolysis) is 1. The normalized spacial score (nSPS) is 16.8. The molecule has 2 atom stereocenters. The maximum atomic E-state index is 13.2. The minimum absolute atomic E-state index is 0.0199. The zero-order chi connectivity index (χ0) is 34.1. The quantitative estimate of drug-likeness (QED) is 0.158. The third-order valence-electron chi connectivity index (χ3n) is 6.48. The molecule has 2 N–H and O–H groups in total. The van der Waals surface area contributed by atoms with E-state index in [1.807, 2.05) is 20.8 Å². The predicted octanol–water partition coefficient (Wildman–Crippen LogP) is 5.78. The molecule has 0 radical (unpaired) electrons. The van der Waals surface area contributed by atoms with Crippen LogP contribution in [0.3, 0.4) is 0 Å². The Morgan fingerprint density at radius 3 is 2.48 bits per heavy atom. The van der Waals surface area contributed by atoms with E-state index in [9.17, 15) is 24.3 Å². The number of hydrogen-bond donors (Lipinski definition) is 2. The van der Waals surface area contributed by atoms with E-state index in [0.29, 0.717) is 5.56 Å². The fourth-order valence-corrected chi connectivity index (χ4v) is 4.59. The second-order valence-corrected chi connectivity index (χ2v) is 14.4. The SMILES string of the molecule is CCOC(=O)[C@H](Cc1ccc2c(c1)C(=O)CC(O)(CCCN(C(=O)OCC(Cl)(Cl)Cl)c1ccccn1)O2)NC(=O)OCC(C)(C)C. The molecule has 0 saturated heterocycles. The van der Waals surface area contributed by atoms with Crippen LogP contribution in [0, 0.1) is 5.41 Å². The van der Waals surface area contributed by atoms with Gasteiger partial charge in [0.05, 0.1) is 25.2 Å². The largest absolute Gasteiger partial charge is 0.464 e. The number of fused-ring (bicyclic) bond motifs is 1. The summed E-state index contributed by atoms with van der Waals surface area (Å²) < 4.78 is 19.5. The summed E-state index contributed by atoms with van der Waals surface area (Å²) in [6.07, 6.45) is -0.253. The highest BCUT2D eigenvalue weighted by atomic mass is 35.6. The molecule has 2 heterocycles. The Balaban J connectivity index is 1.68. The number of hydrogen-bond acceptors (Lipinski definition) is 10. The minimum Gasteiger partial charge on any atom is -0.464 e. The summed E-state index contributed by atoms with van der Waals surface area (Å²) in [6.45, 7) is 7.17. The molecule has 46 heavy (non-hydrogen) atoms. The first kappa shape index (κ1) is 37.1. The van der Waals surface area contributed by atoms with Gasteiger partial charge in [-0.1, -0.05) is 67.7 Å². The predicted molar refractivity (Wildman–Crippen MR) is 171 cm³/mol. The highest BCUT2D eigenvalue weighted by Crippen LogP contribution is 2.35. The molecule has 0 bridgehead atoms. The summed E-state index contributed by atoms with van der Waals surface area (Å²) in [7, 11) is 0. The first-order chi connectivity index (χ1) is 21.5. The van der Waals surface area contributed by atoms with Crippen molar-refractivity contribution in [2.75, 3.05) is 31.3 Å². The minimum atomic E-state index is -1.85. The molecule has 1 aromatic heterocycles. The van der Waals surface area contributed by atoms with Crippen molar-refractivity contribution < 1.29 is 43.2 Å². The molecule has 3 rings (SSSR count). The highest BCUT2D eigenvalue weighted by molar-refractivity contribution is 6.67. The van der Waals surface area contributed by atoms with Crippen LogP contribution < -0.4 is 15.0 Å². The molecule has 12 nitrogen and oxygen atoms in total. The van der Waals surface area contributed by atoms with Crippen LogP contribution in [0.15, 0.2) is 42.6 Å². The second kappa shape index (κ2) is 16.0. The van der Waals surface area contributed by atoms with Gasteiger partial charge in [0, 0.05) is 25.6 Å². The van der Waals surface area contributed by atoms with Crippen molar-refractivity contribution in [2.45, 2.75) is 69.0 Å². The number of rotatable bonds is 12. The number of aromatic nitrogens is 1. The van der Waals surface area contributed by atoms with Crippen LogP contribution in [-0.4, -0.2) is 76.0 Å². The lowest BCUT2D eigenvalue weighted by Gasteiger charge is -2.34. The Bertz CT molecular complexity index is 1380. The number of Topliss-reactive ketones (excluding diaryl/α,β-unsaturated/α-hetero) is 1. The monoisotopic (exact) mass is 701 g/mol. The molecular formula is C31H38Cl3N3O9. The summed E-state index contributed by atoms with van der Waals surface area (Å²) in [4.78, 5) is 56.3. The van der Waals surface area contributed by atoms with Crippen LogP contribution in [-0.2, 0) is 25.4 Å². The number of halogens is 3. The van der Waals surface area contributed by atoms with Crippen LogP contribution in [0.4, 0.5) is 15.4 Å². The molecule has 1 aliphatic heterocycles. The van der Waals surface area contributed by atoms with Gasteiger partial charge in [-0.3, -0.25) is 9.69 Å². The summed E-state index contributed by atoms with van der Waals surface area (Å²) in [6, 6.07) is 8.58. The molecule has 1 aliphatic rings. The lowest BCUT2D eigenvalue weighted by atomic mass is 9.93. The Morgan fingerprint density at radius 2 is 1.85 bits per heavy atom. The average Bonchev–Trinajstić information content (AvgIpc) is 2.97. The number of benzene rings is 1. The van der Waals surface area contributed by atoms with E-state index in [0.717, 1.165) is 0 Å². The van der Waals surface area contributed by atoms with Crippen molar-refractivity contribution in [1.29, 1.82) is 0 Å². The van der Waals surface area contributed by atoms with Gasteiger partial charge < -0.3 is 29.4 Å². The van der Waals surface area contributed by atoms with Gasteiger partial charge in [-0.25, -0.2) is 19.4 Å². The van der Waals surface area contributed by atoms with E-state index in [2.05, 4.69) is 10.3 Å². The maximum Gasteiger partial charge on any atom is 0.415 e. The molecule has 15 heteroatoms. The van der Waals surface area contributed by atoms with Crippen LogP contribution in [0.1, 0.15) is 62.9 Å². The molecule has 2 aromatic rings. The summed E-state index contributed by atoms with van der Waals surface area (Å²) >= 11 is 17.1. The lowest BCUT2D eigenvalue weighted by molar-refractivity contribution is -0.145. The molecule has 0 spiro atoms. The number of alkyl halides is 3. The number of ketones is 1. The van der Waals surface area contributed by atoms with Gasteiger partial charge in [0.2, 0.25) is 9.58 Å². The molecule has 0 fully saturated rings. The van der Waals surface area contributed by atoms with Gasteiger partial charge in [0.25, 0.3) is 0 Å². The van der Waals surface area contributed by atoms with Crippen molar-refractivity contribution in [3.63, 3.8) is 0 Å². The first-order valence-electron chi connectivity index (χ1n) is 14.6. The number of anilines is 1. The Morgan fingerprint density at radius 1 is 1.11 bits per heavy atom. The van der Waals surface area contributed by atoms with Crippen LogP contribution in [0.2, 0.25) is 0 Å². The first-order valence-corrected chi connectivity index (χ1v) is 15.7. The highest BCUT2D eigenvalue weighted by Gasteiger charge is 2.39. The second-order valence-electron chi connectivity index (χ2n) is 11.9. The topological polar surface area (TPSA) is 154 Å². The third-order valence-corrected chi connectivity index (χ3v) is 6.80. The lowest BCUT2D eigenvalue weighted by Crippen LogP contribution is -2.44. The van der Waals surface area contributed by atoms with Crippen molar-refractivity contribution in [3.05, 3.63) is 53.7 Å². The van der Waals surface area contributed by atoms with Crippen LogP contribution >= 0.6 is 34.8 Å². The Kier molecular flexibility index (Phi) is 12.9. The van der Waals surface area contributed by atoms with Crippen molar-refractivity contribution in [3.8, 4) is 5.75 Å². The van der Waals surface area contributed by atoms with Gasteiger partial charge in [-0.05, 0) is 48.6 Å². The molecule has 1 unspecified atom stereocenters. The summed E-state index contributed by atoms with van der Waals surface area (Å²) in [5.41, 5.74) is 0.495. The average molecular weight is 703 g/mol. The Hall–Kier alpha value is -3.32. The van der Waals surface area contributed by atoms with Crippen molar-refractivity contribution in [1.82, 2.24) is 10.3 Å². The van der Waals surface area contributed by atoms with E-state index in [-0.39, 0.29) is 73.8 Å². The third kappa shape index (κ3) is 11.8. The fourth-order valence-electron chi connectivity index (χ4n) is 4.42. The smallest absolute Gasteiger partial charge is 0.415 e. The Labute approximate surface area is 282 Å². The van der Waals surface area contributed by atoms with Crippen LogP contribution in [0.25, 0.3) is 0 Å². The zero-order valence-electron chi connectivity index (χ0n) is 26.0. The summed E-state index contributed by atoms with van der Waals surface area (Å²) in [5.74, 6) is -2.47. The molecule has 0 aliphatic carbocycles. The van der Waals surface area contributed by atoms with Crippen molar-refractivity contribution in [2.24, 2.45) is 5.41 Å². The fraction of sp³-hybridized carbons (Fsp3) is 0.516. The number of ether oxygens (including phenoxy) is 4. The molecular weight excluding hydrogens is 665 g/mol. The van der Waals surface area contributed by atoms with Gasteiger partial charge >= 0.3 is 18.2 Å². The van der Waals surface area contributed by atoms with E-state index in [1.54, 1.807) is 37.3 Å². The number of amides is 2. The van der Waals surface area contributed by atoms with E-state index < -0.39 is 40.4 Å². The van der Waals surface area contributed by atoms with Gasteiger partial charge in [0.15, 0.2) is 5.78 Å². The standard InChI is InChI=1S/C31H38Cl3N3O9/c1-5-43-26(39)22(36-27(40)44-18-29(2,3)4)16-20-10-11-24-21(15-20)23(38)17-30(42,46-24)12-8-14-37(25-9-6-7-13-35-25)28(41)45-19-31(32,33)34/h6-7,9-11,13,15,22,42H,5,8,12,14,16-19H2,1-4H3,(H,36,40)/t22-,30?/m0/s1. The number of carbonyl (C=O) groups excluding carboxylic acids is 4. The molecule has 0 saturated carbocycles. The maximum absolute atomic E-state index is 13.2. The van der Waals surface area contributed by atoms with Crippen LogP contribution in [0.5, 0.6) is 5.75 Å².